The summed E-state index contributed by atoms with van der Waals surface area (Å²) in [7, 11) is -3.84. The maximum atomic E-state index is 12.9. The fourth-order valence-corrected chi connectivity index (χ4v) is 3.36. The van der Waals surface area contributed by atoms with E-state index in [-0.39, 0.29) is 23.8 Å². The van der Waals surface area contributed by atoms with Gasteiger partial charge in [0.2, 0.25) is 15.9 Å². The van der Waals surface area contributed by atoms with Gasteiger partial charge in [-0.15, -0.1) is 0 Å². The number of carbonyl (C=O) groups is 2. The van der Waals surface area contributed by atoms with Crippen LogP contribution in [-0.2, 0) is 14.8 Å². The first-order valence-electron chi connectivity index (χ1n) is 8.76. The number of para-hydroxylation sites is 1. The van der Waals surface area contributed by atoms with Crippen LogP contribution in [-0.4, -0.2) is 33.3 Å². The highest BCUT2D eigenvalue weighted by Crippen LogP contribution is 2.15. The van der Waals surface area contributed by atoms with E-state index in [1.807, 2.05) is 6.92 Å². The number of rotatable bonds is 9. The van der Waals surface area contributed by atoms with Crippen LogP contribution in [0.1, 0.15) is 30.1 Å². The smallest absolute Gasteiger partial charge is 0.253 e. The second-order valence-corrected chi connectivity index (χ2v) is 7.72. The Morgan fingerprint density at radius 3 is 2.36 bits per heavy atom. The molecule has 150 valence electrons. The second-order valence-electron chi connectivity index (χ2n) is 5.95. The Labute approximate surface area is 163 Å². The van der Waals surface area contributed by atoms with E-state index in [0.29, 0.717) is 17.8 Å². The number of sulfonamides is 1. The molecule has 0 aliphatic carbocycles. The van der Waals surface area contributed by atoms with Crippen LogP contribution in [0.25, 0.3) is 0 Å². The van der Waals surface area contributed by atoms with Crippen molar-refractivity contribution >= 4 is 27.5 Å². The van der Waals surface area contributed by atoms with E-state index in [4.69, 9.17) is 0 Å². The first-order valence-corrected chi connectivity index (χ1v) is 10.2. The van der Waals surface area contributed by atoms with Crippen LogP contribution < -0.4 is 15.4 Å². The van der Waals surface area contributed by atoms with Gasteiger partial charge in [0.05, 0.1) is 16.1 Å². The fraction of sp³-hybridized carbons (Fsp3) is 0.263. The third kappa shape index (κ3) is 6.14. The summed E-state index contributed by atoms with van der Waals surface area (Å²) in [6.07, 6.45) is 0.653. The lowest BCUT2D eigenvalue weighted by Crippen LogP contribution is -2.29. The summed E-state index contributed by atoms with van der Waals surface area (Å²) in [6.45, 7) is 2.31. The lowest BCUT2D eigenvalue weighted by atomic mass is 10.1. The Hall–Kier alpha value is -2.78. The van der Waals surface area contributed by atoms with Crippen LogP contribution in [0, 0.1) is 5.82 Å². The van der Waals surface area contributed by atoms with Crippen molar-refractivity contribution in [3.63, 3.8) is 0 Å². The normalized spacial score (nSPS) is 11.1. The van der Waals surface area contributed by atoms with Crippen LogP contribution in [0.15, 0.2) is 53.4 Å². The molecule has 0 heterocycles. The zero-order valence-electron chi connectivity index (χ0n) is 15.4. The van der Waals surface area contributed by atoms with Crippen LogP contribution in [0.2, 0.25) is 0 Å². The van der Waals surface area contributed by atoms with Gasteiger partial charge in [-0.2, -0.15) is 0 Å². The van der Waals surface area contributed by atoms with Gasteiger partial charge in [-0.25, -0.2) is 17.5 Å². The molecule has 0 saturated carbocycles. The highest BCUT2D eigenvalue weighted by molar-refractivity contribution is 7.89. The molecule has 28 heavy (non-hydrogen) atoms. The van der Waals surface area contributed by atoms with Crippen molar-refractivity contribution in [2.45, 2.75) is 24.7 Å². The number of anilines is 1. The van der Waals surface area contributed by atoms with E-state index in [2.05, 4.69) is 15.4 Å². The standard InChI is InChI=1S/C19H22FN3O4S/c1-2-12-21-19(25)16-5-3-4-6-17(16)23-18(24)11-13-22-28(26,27)15-9-7-14(20)8-10-15/h3-10,22H,2,11-13H2,1H3,(H,21,25)(H,23,24). The highest BCUT2D eigenvalue weighted by Gasteiger charge is 2.16. The average Bonchev–Trinajstić information content (AvgIpc) is 2.66. The molecule has 7 nitrogen and oxygen atoms in total. The van der Waals surface area contributed by atoms with Crippen molar-refractivity contribution in [3.8, 4) is 0 Å². The molecule has 2 rings (SSSR count). The average molecular weight is 407 g/mol. The molecule has 0 aliphatic heterocycles. The minimum absolute atomic E-state index is 0.0905. The molecule has 2 aromatic rings. The van der Waals surface area contributed by atoms with Crippen molar-refractivity contribution in [2.75, 3.05) is 18.4 Å². The molecule has 9 heteroatoms. The predicted octanol–water partition coefficient (Wildman–Crippen LogP) is 2.27. The number of benzene rings is 2. The van der Waals surface area contributed by atoms with Crippen molar-refractivity contribution < 1.29 is 22.4 Å². The number of hydrogen-bond acceptors (Lipinski definition) is 4. The SMILES string of the molecule is CCCNC(=O)c1ccccc1NC(=O)CCNS(=O)(=O)c1ccc(F)cc1. The Morgan fingerprint density at radius 2 is 1.68 bits per heavy atom. The van der Waals surface area contributed by atoms with E-state index in [9.17, 15) is 22.4 Å². The summed E-state index contributed by atoms with van der Waals surface area (Å²) >= 11 is 0. The van der Waals surface area contributed by atoms with Gasteiger partial charge in [-0.1, -0.05) is 19.1 Å². The molecule has 0 fully saturated rings. The third-order valence-electron chi connectivity index (χ3n) is 3.75. The summed E-state index contributed by atoms with van der Waals surface area (Å²) < 4.78 is 39.4. The van der Waals surface area contributed by atoms with Crippen molar-refractivity contribution in [2.24, 2.45) is 0 Å². The zero-order chi connectivity index (χ0) is 20.6. The van der Waals surface area contributed by atoms with E-state index >= 15 is 0 Å². The summed E-state index contributed by atoms with van der Waals surface area (Å²) in [5.74, 6) is -1.28. The molecule has 0 radical (unpaired) electrons. The molecule has 2 amide bonds. The van der Waals surface area contributed by atoms with Crippen LogP contribution in [0.4, 0.5) is 10.1 Å². The third-order valence-corrected chi connectivity index (χ3v) is 5.23. The second kappa shape index (κ2) is 9.95. The van der Waals surface area contributed by atoms with Gasteiger partial charge in [0.25, 0.3) is 5.91 Å². The minimum Gasteiger partial charge on any atom is -0.352 e. The lowest BCUT2D eigenvalue weighted by molar-refractivity contribution is -0.116. The molecule has 0 saturated heterocycles. The van der Waals surface area contributed by atoms with E-state index in [1.54, 1.807) is 24.3 Å². The first kappa shape index (κ1) is 21.5. The lowest BCUT2D eigenvalue weighted by Gasteiger charge is -2.11. The summed E-state index contributed by atoms with van der Waals surface area (Å²) in [5.41, 5.74) is 0.679. The topological polar surface area (TPSA) is 104 Å². The number of carbonyl (C=O) groups excluding carboxylic acids is 2. The first-order chi connectivity index (χ1) is 13.3. The Balaban J connectivity index is 1.93. The molecule has 0 aromatic heterocycles. The molecular weight excluding hydrogens is 385 g/mol. The van der Waals surface area contributed by atoms with Crippen LogP contribution in [0.5, 0.6) is 0 Å². The van der Waals surface area contributed by atoms with Gasteiger partial charge in [0, 0.05) is 19.5 Å². The molecular formula is C19H22FN3O4S. The van der Waals surface area contributed by atoms with Crippen LogP contribution in [0.3, 0.4) is 0 Å². The van der Waals surface area contributed by atoms with Crippen molar-refractivity contribution in [3.05, 3.63) is 59.9 Å². The van der Waals surface area contributed by atoms with Gasteiger partial charge in [0.15, 0.2) is 0 Å². The minimum atomic E-state index is -3.84. The van der Waals surface area contributed by atoms with Crippen LogP contribution >= 0.6 is 0 Å². The number of halogens is 1. The van der Waals surface area contributed by atoms with Gasteiger partial charge in [-0.05, 0) is 42.8 Å². The predicted molar refractivity (Wildman–Crippen MR) is 104 cm³/mol. The zero-order valence-corrected chi connectivity index (χ0v) is 16.2. The summed E-state index contributed by atoms with van der Waals surface area (Å²) in [6, 6.07) is 10.9. The molecule has 0 atom stereocenters. The number of amides is 2. The highest BCUT2D eigenvalue weighted by atomic mass is 32.2. The van der Waals surface area contributed by atoms with E-state index in [0.717, 1.165) is 30.7 Å². The Bertz CT molecular complexity index is 930. The molecule has 2 aromatic carbocycles. The quantitative estimate of drug-likeness (QED) is 0.593. The van der Waals surface area contributed by atoms with Crippen molar-refractivity contribution in [1.82, 2.24) is 10.0 Å². The molecule has 0 unspecified atom stereocenters. The summed E-state index contributed by atoms with van der Waals surface area (Å²) in [4.78, 5) is 24.2. The van der Waals surface area contributed by atoms with Gasteiger partial charge in [-0.3, -0.25) is 9.59 Å². The Morgan fingerprint density at radius 1 is 1.00 bits per heavy atom. The summed E-state index contributed by atoms with van der Waals surface area (Å²) in [5, 5.41) is 5.36. The van der Waals surface area contributed by atoms with Crippen molar-refractivity contribution in [1.29, 1.82) is 0 Å². The molecule has 0 bridgehead atoms. The maximum Gasteiger partial charge on any atom is 0.253 e. The number of nitrogens with one attached hydrogen (secondary N) is 3. The monoisotopic (exact) mass is 407 g/mol. The van der Waals surface area contributed by atoms with Gasteiger partial charge < -0.3 is 10.6 Å². The number of hydrogen-bond donors (Lipinski definition) is 3. The largest absolute Gasteiger partial charge is 0.352 e. The molecule has 3 N–H and O–H groups in total. The maximum absolute atomic E-state index is 12.9. The van der Waals surface area contributed by atoms with Gasteiger partial charge in [0.1, 0.15) is 5.82 Å². The van der Waals surface area contributed by atoms with E-state index in [1.165, 1.54) is 0 Å². The van der Waals surface area contributed by atoms with Gasteiger partial charge >= 0.3 is 0 Å². The van der Waals surface area contributed by atoms with E-state index < -0.39 is 21.7 Å². The Kier molecular flexibility index (Phi) is 7.65. The molecule has 0 spiro atoms. The fourth-order valence-electron chi connectivity index (χ4n) is 2.33. The molecule has 0 aliphatic rings.